The zero-order valence-corrected chi connectivity index (χ0v) is 17.7. The van der Waals surface area contributed by atoms with Crippen LogP contribution in [0.25, 0.3) is 5.65 Å². The molecule has 2 fully saturated rings. The van der Waals surface area contributed by atoms with Crippen molar-refractivity contribution in [1.82, 2.24) is 29.5 Å². The second kappa shape index (κ2) is 8.96. The Bertz CT molecular complexity index is 1080. The highest BCUT2D eigenvalue weighted by Crippen LogP contribution is 2.29. The fourth-order valence-electron chi connectivity index (χ4n) is 4.03. The van der Waals surface area contributed by atoms with Gasteiger partial charge in [-0.1, -0.05) is 0 Å². The van der Waals surface area contributed by atoms with E-state index >= 15 is 0 Å². The van der Waals surface area contributed by atoms with Crippen LogP contribution in [-0.4, -0.2) is 68.0 Å². The van der Waals surface area contributed by atoms with Gasteiger partial charge in [0.05, 0.1) is 18.8 Å². The molecule has 2 aliphatic rings. The quantitative estimate of drug-likeness (QED) is 0.610. The molecule has 0 unspecified atom stereocenters. The van der Waals surface area contributed by atoms with Gasteiger partial charge in [0.1, 0.15) is 18.2 Å². The third kappa shape index (κ3) is 4.92. The minimum absolute atomic E-state index is 0.0561. The Kier molecular flexibility index (Phi) is 5.87. The molecule has 33 heavy (non-hydrogen) atoms. The van der Waals surface area contributed by atoms with E-state index in [9.17, 15) is 13.2 Å². The Balaban J connectivity index is 1.21. The van der Waals surface area contributed by atoms with Crippen LogP contribution in [0.3, 0.4) is 0 Å². The SMILES string of the molecule is FC(F)(F)c1cnc(NC2CCC(Oc3nc(N4CCOCC4)cc4ncnn34)CC2)nc1. The molecule has 0 atom stereocenters. The highest BCUT2D eigenvalue weighted by Gasteiger charge is 2.31. The lowest BCUT2D eigenvalue weighted by atomic mass is 9.93. The first-order chi connectivity index (χ1) is 16.0. The Hall–Kier alpha value is -3.22. The average molecular weight is 464 g/mol. The highest BCUT2D eigenvalue weighted by molar-refractivity contribution is 5.52. The van der Waals surface area contributed by atoms with Gasteiger partial charge in [0.25, 0.3) is 0 Å². The van der Waals surface area contributed by atoms with E-state index in [1.165, 1.54) is 6.33 Å². The molecule has 0 amide bonds. The highest BCUT2D eigenvalue weighted by atomic mass is 19.4. The van der Waals surface area contributed by atoms with Gasteiger partial charge in [0, 0.05) is 37.6 Å². The Morgan fingerprint density at radius 3 is 2.45 bits per heavy atom. The molecule has 13 heteroatoms. The lowest BCUT2D eigenvalue weighted by Crippen LogP contribution is -2.37. The molecule has 0 aromatic carbocycles. The molecule has 4 heterocycles. The van der Waals surface area contributed by atoms with Gasteiger partial charge in [0.2, 0.25) is 5.95 Å². The average Bonchev–Trinajstić information content (AvgIpc) is 3.30. The molecule has 3 aromatic rings. The van der Waals surface area contributed by atoms with Crippen LogP contribution in [0.1, 0.15) is 31.2 Å². The molecule has 0 radical (unpaired) electrons. The van der Waals surface area contributed by atoms with Crippen molar-refractivity contribution in [3.63, 3.8) is 0 Å². The molecule has 1 saturated heterocycles. The molecule has 10 nitrogen and oxygen atoms in total. The van der Waals surface area contributed by atoms with Crippen molar-refractivity contribution in [1.29, 1.82) is 0 Å². The van der Waals surface area contributed by atoms with Crippen molar-refractivity contribution in [3.8, 4) is 6.01 Å². The van der Waals surface area contributed by atoms with Crippen LogP contribution in [0.5, 0.6) is 6.01 Å². The summed E-state index contributed by atoms with van der Waals surface area (Å²) < 4.78 is 51.2. The summed E-state index contributed by atoms with van der Waals surface area (Å²) in [5.74, 6) is 0.972. The van der Waals surface area contributed by atoms with Crippen LogP contribution in [0.15, 0.2) is 24.8 Å². The van der Waals surface area contributed by atoms with E-state index in [0.29, 0.717) is 24.9 Å². The van der Waals surface area contributed by atoms with E-state index < -0.39 is 11.7 Å². The maximum atomic E-state index is 12.7. The van der Waals surface area contributed by atoms with Crippen molar-refractivity contribution in [2.24, 2.45) is 0 Å². The van der Waals surface area contributed by atoms with Crippen molar-refractivity contribution in [2.45, 2.75) is 44.0 Å². The molecule has 3 aromatic heterocycles. The van der Waals surface area contributed by atoms with Crippen molar-refractivity contribution in [2.75, 3.05) is 36.5 Å². The Morgan fingerprint density at radius 2 is 1.76 bits per heavy atom. The number of rotatable bonds is 5. The molecule has 1 aliphatic carbocycles. The molecule has 0 spiro atoms. The molecule has 1 saturated carbocycles. The topological polar surface area (TPSA) is 103 Å². The third-order valence-corrected chi connectivity index (χ3v) is 5.82. The summed E-state index contributed by atoms with van der Waals surface area (Å²) in [6.45, 7) is 2.80. The van der Waals surface area contributed by atoms with Crippen molar-refractivity contribution in [3.05, 3.63) is 30.4 Å². The summed E-state index contributed by atoms with van der Waals surface area (Å²) >= 11 is 0. The number of alkyl halides is 3. The molecular weight excluding hydrogens is 441 g/mol. The normalized spacial score (nSPS) is 21.8. The number of hydrogen-bond donors (Lipinski definition) is 1. The van der Waals surface area contributed by atoms with E-state index in [0.717, 1.165) is 57.0 Å². The maximum Gasteiger partial charge on any atom is 0.419 e. The molecule has 0 bridgehead atoms. The van der Waals surface area contributed by atoms with Gasteiger partial charge >= 0.3 is 12.2 Å². The lowest BCUT2D eigenvalue weighted by Gasteiger charge is -2.30. The monoisotopic (exact) mass is 464 g/mol. The first-order valence-corrected chi connectivity index (χ1v) is 10.8. The molecule has 1 N–H and O–H groups in total. The van der Waals surface area contributed by atoms with Crippen molar-refractivity contribution >= 4 is 17.4 Å². The number of ether oxygens (including phenoxy) is 2. The van der Waals surface area contributed by atoms with E-state index in [-0.39, 0.29) is 18.1 Å². The van der Waals surface area contributed by atoms with Gasteiger partial charge < -0.3 is 19.7 Å². The number of nitrogens with one attached hydrogen (secondary N) is 1. The van der Waals surface area contributed by atoms with Crippen molar-refractivity contribution < 1.29 is 22.6 Å². The largest absolute Gasteiger partial charge is 0.460 e. The molecular formula is C20H23F3N8O2. The molecule has 1 aliphatic heterocycles. The number of aromatic nitrogens is 6. The van der Waals surface area contributed by atoms with Crippen LogP contribution in [0, 0.1) is 0 Å². The smallest absolute Gasteiger partial charge is 0.419 e. The van der Waals surface area contributed by atoms with Crippen LogP contribution < -0.4 is 15.0 Å². The second-order valence-corrected chi connectivity index (χ2v) is 8.06. The number of nitrogens with zero attached hydrogens (tertiary/aromatic N) is 7. The maximum absolute atomic E-state index is 12.7. The van der Waals surface area contributed by atoms with Gasteiger partial charge in [0.15, 0.2) is 5.65 Å². The van der Waals surface area contributed by atoms with Gasteiger partial charge in [-0.3, -0.25) is 0 Å². The summed E-state index contributed by atoms with van der Waals surface area (Å²) in [4.78, 5) is 18.7. The van der Waals surface area contributed by atoms with Gasteiger partial charge in [-0.2, -0.15) is 27.8 Å². The summed E-state index contributed by atoms with van der Waals surface area (Å²) in [6, 6.07) is 2.34. The molecule has 176 valence electrons. The fourth-order valence-corrected chi connectivity index (χ4v) is 4.03. The van der Waals surface area contributed by atoms with Gasteiger partial charge in [-0.05, 0) is 25.7 Å². The fraction of sp³-hybridized carbons (Fsp3) is 0.550. The van der Waals surface area contributed by atoms with Crippen LogP contribution in [0.4, 0.5) is 24.9 Å². The number of fused-ring (bicyclic) bond motifs is 1. The van der Waals surface area contributed by atoms with E-state index in [2.05, 4.69) is 35.3 Å². The summed E-state index contributed by atoms with van der Waals surface area (Å²) in [5, 5.41) is 7.35. The Labute approximate surface area is 187 Å². The molecule has 5 rings (SSSR count). The number of morpholine rings is 1. The second-order valence-electron chi connectivity index (χ2n) is 8.06. The standard InChI is InChI=1S/C20H23F3N8O2/c21-20(22,23)13-10-24-18(25-11-13)28-14-1-3-15(4-2-14)33-19-29-17(30-5-7-32-8-6-30)9-16-26-12-27-31(16)19/h9-12,14-15H,1-8H2,(H,24,25,28). The predicted molar refractivity (Wildman–Crippen MR) is 111 cm³/mol. The van der Waals surface area contributed by atoms with Crippen LogP contribution in [0.2, 0.25) is 0 Å². The number of halogens is 3. The minimum atomic E-state index is -4.45. The van der Waals surface area contributed by atoms with Crippen LogP contribution >= 0.6 is 0 Å². The first-order valence-electron chi connectivity index (χ1n) is 10.8. The minimum Gasteiger partial charge on any atom is -0.460 e. The first kappa shape index (κ1) is 21.6. The Morgan fingerprint density at radius 1 is 1.03 bits per heavy atom. The van der Waals surface area contributed by atoms with Gasteiger partial charge in [-0.25, -0.2) is 15.0 Å². The van der Waals surface area contributed by atoms with E-state index in [1.807, 2.05) is 6.07 Å². The zero-order chi connectivity index (χ0) is 22.8. The number of anilines is 2. The predicted octanol–water partition coefficient (Wildman–Crippen LogP) is 2.57. The zero-order valence-electron chi connectivity index (χ0n) is 17.7. The van der Waals surface area contributed by atoms with E-state index in [1.54, 1.807) is 4.52 Å². The van der Waals surface area contributed by atoms with Gasteiger partial charge in [-0.15, -0.1) is 0 Å². The lowest BCUT2D eigenvalue weighted by molar-refractivity contribution is -0.138. The number of hydrogen-bond acceptors (Lipinski definition) is 9. The summed E-state index contributed by atoms with van der Waals surface area (Å²) in [6.07, 6.45) is 1.57. The summed E-state index contributed by atoms with van der Waals surface area (Å²) in [5.41, 5.74) is -0.201. The summed E-state index contributed by atoms with van der Waals surface area (Å²) in [7, 11) is 0. The van der Waals surface area contributed by atoms with E-state index in [4.69, 9.17) is 9.47 Å². The third-order valence-electron chi connectivity index (χ3n) is 5.82. The van der Waals surface area contributed by atoms with Crippen LogP contribution in [-0.2, 0) is 10.9 Å².